The molecule has 2 heteroatoms. The Hall–Kier alpha value is -0.860. The van der Waals surface area contributed by atoms with Gasteiger partial charge >= 0.3 is 0 Å². The molecular weight excluding hydrogens is 232 g/mol. The molecule has 0 aromatic heterocycles. The van der Waals surface area contributed by atoms with Gasteiger partial charge in [0.05, 0.1) is 0 Å². The van der Waals surface area contributed by atoms with Crippen molar-refractivity contribution in [1.29, 1.82) is 0 Å². The van der Waals surface area contributed by atoms with Crippen molar-refractivity contribution in [2.45, 2.75) is 45.2 Å². The van der Waals surface area contributed by atoms with Crippen LogP contribution in [0.4, 0.5) is 0 Å². The Morgan fingerprint density at radius 3 is 2.47 bits per heavy atom. The van der Waals surface area contributed by atoms with Gasteiger partial charge in [0, 0.05) is 19.1 Å². The standard InChI is InChI=1S/C17H26N2/c1-15-6-8-16(9-7-15)13-18-10-4-5-17(14-18)19-11-2-3-12-19/h6-9,17H,2-5,10-14H2,1H3. The first-order valence-electron chi connectivity index (χ1n) is 7.83. The van der Waals surface area contributed by atoms with Crippen LogP contribution in [0.25, 0.3) is 0 Å². The second-order valence-corrected chi connectivity index (χ2v) is 6.26. The van der Waals surface area contributed by atoms with Crippen LogP contribution in [0, 0.1) is 6.92 Å². The largest absolute Gasteiger partial charge is 0.299 e. The molecule has 0 spiro atoms. The molecule has 0 radical (unpaired) electrons. The molecule has 0 bridgehead atoms. The van der Waals surface area contributed by atoms with E-state index in [4.69, 9.17) is 0 Å². The second-order valence-electron chi connectivity index (χ2n) is 6.26. The quantitative estimate of drug-likeness (QED) is 0.822. The third kappa shape index (κ3) is 3.37. The first-order valence-corrected chi connectivity index (χ1v) is 7.83. The highest BCUT2D eigenvalue weighted by atomic mass is 15.2. The fourth-order valence-corrected chi connectivity index (χ4v) is 3.53. The number of rotatable bonds is 3. The molecule has 0 amide bonds. The van der Waals surface area contributed by atoms with E-state index in [1.807, 2.05) is 0 Å². The van der Waals surface area contributed by atoms with E-state index >= 15 is 0 Å². The van der Waals surface area contributed by atoms with E-state index in [1.165, 1.54) is 63.0 Å². The van der Waals surface area contributed by atoms with Crippen LogP contribution in [0.3, 0.4) is 0 Å². The highest BCUT2D eigenvalue weighted by molar-refractivity contribution is 5.21. The molecular formula is C17H26N2. The molecule has 2 nitrogen and oxygen atoms in total. The summed E-state index contributed by atoms with van der Waals surface area (Å²) in [6.07, 6.45) is 5.60. The number of benzene rings is 1. The zero-order valence-corrected chi connectivity index (χ0v) is 12.1. The van der Waals surface area contributed by atoms with Gasteiger partial charge in [-0.05, 0) is 57.8 Å². The van der Waals surface area contributed by atoms with Crippen molar-refractivity contribution in [3.8, 4) is 0 Å². The summed E-state index contributed by atoms with van der Waals surface area (Å²) in [6.45, 7) is 8.51. The summed E-state index contributed by atoms with van der Waals surface area (Å²) < 4.78 is 0. The van der Waals surface area contributed by atoms with E-state index in [9.17, 15) is 0 Å². The molecule has 2 aliphatic heterocycles. The van der Waals surface area contributed by atoms with Crippen LogP contribution in [0.15, 0.2) is 24.3 Å². The molecule has 2 aliphatic rings. The maximum Gasteiger partial charge on any atom is 0.0234 e. The van der Waals surface area contributed by atoms with Crippen molar-refractivity contribution in [3.63, 3.8) is 0 Å². The van der Waals surface area contributed by atoms with Crippen LogP contribution < -0.4 is 0 Å². The first-order chi connectivity index (χ1) is 9.31. The Bertz CT molecular complexity index is 392. The summed E-state index contributed by atoms with van der Waals surface area (Å²) in [6, 6.07) is 9.86. The molecule has 2 saturated heterocycles. The Morgan fingerprint density at radius 1 is 1.00 bits per heavy atom. The molecule has 0 aliphatic carbocycles. The van der Waals surface area contributed by atoms with Gasteiger partial charge in [0.2, 0.25) is 0 Å². The summed E-state index contributed by atoms with van der Waals surface area (Å²) in [5.74, 6) is 0. The lowest BCUT2D eigenvalue weighted by Crippen LogP contribution is -2.46. The van der Waals surface area contributed by atoms with Gasteiger partial charge in [0.1, 0.15) is 0 Å². The molecule has 1 aromatic rings. The highest BCUT2D eigenvalue weighted by Crippen LogP contribution is 2.21. The van der Waals surface area contributed by atoms with E-state index in [2.05, 4.69) is 41.0 Å². The molecule has 3 rings (SSSR count). The maximum atomic E-state index is 2.72. The maximum absolute atomic E-state index is 2.72. The van der Waals surface area contributed by atoms with Crippen molar-refractivity contribution in [2.75, 3.05) is 26.2 Å². The average molecular weight is 258 g/mol. The Balaban J connectivity index is 1.57. The SMILES string of the molecule is Cc1ccc(CN2CCCC(N3CCCC3)C2)cc1. The summed E-state index contributed by atoms with van der Waals surface area (Å²) >= 11 is 0. The van der Waals surface area contributed by atoms with Crippen molar-refractivity contribution in [3.05, 3.63) is 35.4 Å². The topological polar surface area (TPSA) is 6.48 Å². The minimum Gasteiger partial charge on any atom is -0.299 e. The highest BCUT2D eigenvalue weighted by Gasteiger charge is 2.26. The molecule has 0 saturated carbocycles. The number of piperidine rings is 1. The van der Waals surface area contributed by atoms with Gasteiger partial charge in [-0.2, -0.15) is 0 Å². The lowest BCUT2D eigenvalue weighted by Gasteiger charge is -2.37. The molecule has 19 heavy (non-hydrogen) atoms. The number of aryl methyl sites for hydroxylation is 1. The van der Waals surface area contributed by atoms with Crippen LogP contribution in [-0.2, 0) is 6.54 Å². The van der Waals surface area contributed by atoms with E-state index in [0.717, 1.165) is 12.6 Å². The zero-order chi connectivity index (χ0) is 13.1. The van der Waals surface area contributed by atoms with Gasteiger partial charge in [-0.3, -0.25) is 9.80 Å². The zero-order valence-electron chi connectivity index (χ0n) is 12.1. The van der Waals surface area contributed by atoms with Crippen LogP contribution >= 0.6 is 0 Å². The van der Waals surface area contributed by atoms with Crippen molar-refractivity contribution < 1.29 is 0 Å². The molecule has 2 heterocycles. The number of likely N-dealkylation sites (tertiary alicyclic amines) is 2. The van der Waals surface area contributed by atoms with Gasteiger partial charge < -0.3 is 0 Å². The molecule has 1 atom stereocenters. The van der Waals surface area contributed by atoms with Crippen LogP contribution in [0.1, 0.15) is 36.8 Å². The van der Waals surface area contributed by atoms with Gasteiger partial charge in [0.25, 0.3) is 0 Å². The summed E-state index contributed by atoms with van der Waals surface area (Å²) in [5.41, 5.74) is 2.82. The van der Waals surface area contributed by atoms with Crippen molar-refractivity contribution >= 4 is 0 Å². The Labute approximate surface area is 117 Å². The second kappa shape index (κ2) is 6.06. The van der Waals surface area contributed by atoms with Gasteiger partial charge in [-0.15, -0.1) is 0 Å². The smallest absolute Gasteiger partial charge is 0.0234 e. The van der Waals surface area contributed by atoms with E-state index < -0.39 is 0 Å². The van der Waals surface area contributed by atoms with E-state index in [1.54, 1.807) is 0 Å². The number of nitrogens with zero attached hydrogens (tertiary/aromatic N) is 2. The number of hydrogen-bond acceptors (Lipinski definition) is 2. The van der Waals surface area contributed by atoms with Crippen LogP contribution in [-0.4, -0.2) is 42.0 Å². The molecule has 1 aromatic carbocycles. The Morgan fingerprint density at radius 2 is 1.74 bits per heavy atom. The molecule has 104 valence electrons. The number of hydrogen-bond donors (Lipinski definition) is 0. The first kappa shape index (κ1) is 13.1. The summed E-state index contributed by atoms with van der Waals surface area (Å²) in [7, 11) is 0. The van der Waals surface area contributed by atoms with Gasteiger partial charge in [-0.25, -0.2) is 0 Å². The van der Waals surface area contributed by atoms with Crippen LogP contribution in [0.5, 0.6) is 0 Å². The summed E-state index contributed by atoms with van der Waals surface area (Å²) in [5, 5.41) is 0. The minimum absolute atomic E-state index is 0.821. The molecule has 2 fully saturated rings. The van der Waals surface area contributed by atoms with Gasteiger partial charge in [0.15, 0.2) is 0 Å². The minimum atomic E-state index is 0.821. The van der Waals surface area contributed by atoms with Crippen LogP contribution in [0.2, 0.25) is 0 Å². The molecule has 1 unspecified atom stereocenters. The lowest BCUT2D eigenvalue weighted by molar-refractivity contribution is 0.110. The molecule has 0 N–H and O–H groups in total. The third-order valence-electron chi connectivity index (χ3n) is 4.66. The predicted molar refractivity (Wildman–Crippen MR) is 80.3 cm³/mol. The van der Waals surface area contributed by atoms with Crippen molar-refractivity contribution in [1.82, 2.24) is 9.80 Å². The Kier molecular flexibility index (Phi) is 4.19. The fourth-order valence-electron chi connectivity index (χ4n) is 3.53. The monoisotopic (exact) mass is 258 g/mol. The normalized spacial score (nSPS) is 25.8. The van der Waals surface area contributed by atoms with Gasteiger partial charge in [-0.1, -0.05) is 29.8 Å². The van der Waals surface area contributed by atoms with E-state index in [0.29, 0.717) is 0 Å². The predicted octanol–water partition coefficient (Wildman–Crippen LogP) is 3.06. The van der Waals surface area contributed by atoms with E-state index in [-0.39, 0.29) is 0 Å². The summed E-state index contributed by atoms with van der Waals surface area (Å²) in [4.78, 5) is 5.37. The average Bonchev–Trinajstić information content (AvgIpc) is 2.96. The van der Waals surface area contributed by atoms with Crippen molar-refractivity contribution in [2.24, 2.45) is 0 Å². The third-order valence-corrected chi connectivity index (χ3v) is 4.66. The fraction of sp³-hybridized carbons (Fsp3) is 0.647. The lowest BCUT2D eigenvalue weighted by atomic mass is 10.0.